The Morgan fingerprint density at radius 1 is 1.25 bits per heavy atom. The number of aryl methyl sites for hydroxylation is 1. The fraction of sp³-hybridized carbons (Fsp3) is 0.286. The van der Waals surface area contributed by atoms with Gasteiger partial charge in [-0.3, -0.25) is 0 Å². The van der Waals surface area contributed by atoms with Crippen LogP contribution < -0.4 is 10.2 Å². The predicted molar refractivity (Wildman–Crippen MR) is 126 cm³/mol. The molecule has 0 atom stereocenters. The highest BCUT2D eigenvalue weighted by atomic mass is 32.1. The number of ether oxygens (including phenoxy) is 1. The number of esters is 1. The summed E-state index contributed by atoms with van der Waals surface area (Å²) in [7, 11) is 0. The molecule has 1 aromatic carbocycles. The Morgan fingerprint density at radius 2 is 2.09 bits per heavy atom. The fourth-order valence-electron chi connectivity index (χ4n) is 2.98. The van der Waals surface area contributed by atoms with Crippen LogP contribution in [0.1, 0.15) is 29.4 Å². The van der Waals surface area contributed by atoms with Crippen molar-refractivity contribution in [2.45, 2.75) is 20.3 Å². The molecule has 166 valence electrons. The Kier molecular flexibility index (Phi) is 6.88. The molecule has 0 fully saturated rings. The van der Waals surface area contributed by atoms with Gasteiger partial charge in [0.25, 0.3) is 0 Å². The van der Waals surface area contributed by atoms with Gasteiger partial charge in [-0.05, 0) is 44.0 Å². The Balaban J connectivity index is 1.58. The van der Waals surface area contributed by atoms with Gasteiger partial charge < -0.3 is 20.1 Å². The first-order valence-electron chi connectivity index (χ1n) is 10.1. The van der Waals surface area contributed by atoms with Gasteiger partial charge in [0.1, 0.15) is 0 Å². The number of carbonyl (C=O) groups excluding carboxylic acids is 1. The second-order valence-corrected chi connectivity index (χ2v) is 8.68. The van der Waals surface area contributed by atoms with E-state index >= 15 is 0 Å². The number of para-hydroxylation sites is 1. The van der Waals surface area contributed by atoms with Crippen LogP contribution in [0.25, 0.3) is 10.2 Å². The van der Waals surface area contributed by atoms with Crippen molar-refractivity contribution in [1.29, 1.82) is 0 Å². The summed E-state index contributed by atoms with van der Waals surface area (Å²) >= 11 is 2.86. The number of thiazole rings is 2. The van der Waals surface area contributed by atoms with Crippen molar-refractivity contribution in [1.82, 2.24) is 20.2 Å². The zero-order chi connectivity index (χ0) is 22.5. The van der Waals surface area contributed by atoms with Crippen LogP contribution in [0.15, 0.2) is 35.7 Å². The highest BCUT2D eigenvalue weighted by molar-refractivity contribution is 7.22. The maximum Gasteiger partial charge on any atom is 0.357 e. The van der Waals surface area contributed by atoms with Gasteiger partial charge in [0.05, 0.1) is 16.8 Å². The third-order valence-corrected chi connectivity index (χ3v) is 6.33. The first kappa shape index (κ1) is 22.1. The molecule has 0 saturated heterocycles. The minimum atomic E-state index is -0.463. The number of rotatable bonds is 9. The molecule has 0 aliphatic heterocycles. The van der Waals surface area contributed by atoms with Gasteiger partial charge in [0.15, 0.2) is 27.6 Å². The highest BCUT2D eigenvalue weighted by Gasteiger charge is 2.19. The molecule has 0 aliphatic carbocycles. The number of benzene rings is 1. The monoisotopic (exact) mass is 470 g/mol. The molecule has 11 heteroatoms. The number of aliphatic hydroxyl groups is 1. The normalized spacial score (nSPS) is 11.0. The molecule has 4 rings (SSSR count). The van der Waals surface area contributed by atoms with Crippen molar-refractivity contribution in [3.8, 4) is 0 Å². The molecule has 4 aromatic rings. The zero-order valence-corrected chi connectivity index (χ0v) is 19.2. The minimum absolute atomic E-state index is 0.0241. The van der Waals surface area contributed by atoms with Crippen molar-refractivity contribution < 1.29 is 14.6 Å². The van der Waals surface area contributed by atoms with Gasteiger partial charge in [0, 0.05) is 18.5 Å². The molecule has 0 bridgehead atoms. The summed E-state index contributed by atoms with van der Waals surface area (Å²) < 4.78 is 6.12. The van der Waals surface area contributed by atoms with Crippen molar-refractivity contribution >= 4 is 60.8 Å². The third kappa shape index (κ3) is 4.85. The van der Waals surface area contributed by atoms with E-state index in [0.29, 0.717) is 29.7 Å². The van der Waals surface area contributed by atoms with Crippen molar-refractivity contribution in [3.05, 3.63) is 47.0 Å². The van der Waals surface area contributed by atoms with Gasteiger partial charge in [-0.2, -0.15) is 0 Å². The van der Waals surface area contributed by atoms with E-state index in [4.69, 9.17) is 4.74 Å². The van der Waals surface area contributed by atoms with Crippen molar-refractivity contribution in [3.63, 3.8) is 0 Å². The summed E-state index contributed by atoms with van der Waals surface area (Å²) in [6.45, 7) is 4.47. The van der Waals surface area contributed by atoms with Gasteiger partial charge in [0.2, 0.25) is 0 Å². The van der Waals surface area contributed by atoms with Gasteiger partial charge in [-0.1, -0.05) is 23.5 Å². The molecule has 9 nitrogen and oxygen atoms in total. The molecule has 2 N–H and O–H groups in total. The lowest BCUT2D eigenvalue weighted by molar-refractivity contribution is 0.0520. The number of nitrogens with one attached hydrogen (secondary N) is 1. The molecule has 3 heterocycles. The molecule has 32 heavy (non-hydrogen) atoms. The molecule has 0 unspecified atom stereocenters. The Morgan fingerprint density at radius 3 is 2.84 bits per heavy atom. The average Bonchev–Trinajstić information content (AvgIpc) is 3.43. The third-order valence-electron chi connectivity index (χ3n) is 4.51. The number of carbonyl (C=O) groups is 1. The van der Waals surface area contributed by atoms with E-state index in [1.54, 1.807) is 23.6 Å². The number of hydrogen-bond donors (Lipinski definition) is 2. The maximum atomic E-state index is 12.0. The van der Waals surface area contributed by atoms with E-state index in [0.717, 1.165) is 20.9 Å². The van der Waals surface area contributed by atoms with Crippen LogP contribution in [0, 0.1) is 6.92 Å². The molecule has 3 aromatic heterocycles. The first-order chi connectivity index (χ1) is 15.6. The van der Waals surface area contributed by atoms with Crippen LogP contribution in [0.2, 0.25) is 0 Å². The summed E-state index contributed by atoms with van der Waals surface area (Å²) in [6, 6.07) is 9.83. The lowest BCUT2D eigenvalue weighted by Gasteiger charge is -2.20. The van der Waals surface area contributed by atoms with Gasteiger partial charge in [-0.25, -0.2) is 14.8 Å². The van der Waals surface area contributed by atoms with Crippen LogP contribution in [0.4, 0.5) is 21.9 Å². The fourth-order valence-corrected chi connectivity index (χ4v) is 4.67. The number of hydrogen-bond acceptors (Lipinski definition) is 11. The van der Waals surface area contributed by atoms with E-state index < -0.39 is 5.97 Å². The van der Waals surface area contributed by atoms with Crippen molar-refractivity contribution in [2.24, 2.45) is 0 Å². The second-order valence-electron chi connectivity index (χ2n) is 6.81. The SMILES string of the molecule is CCOC(=O)c1csc(N(CCCO)c2cc(C)c(Nc3nc4ccccc4s3)nn2)n1. The van der Waals surface area contributed by atoms with Crippen LogP contribution >= 0.6 is 22.7 Å². The Bertz CT molecular complexity index is 1190. The summed E-state index contributed by atoms with van der Waals surface area (Å²) in [5.41, 5.74) is 2.06. The van der Waals surface area contributed by atoms with Crippen LogP contribution in [0.3, 0.4) is 0 Å². The summed E-state index contributed by atoms with van der Waals surface area (Å²) in [4.78, 5) is 22.8. The van der Waals surface area contributed by atoms with Crippen LogP contribution in [-0.2, 0) is 4.74 Å². The zero-order valence-electron chi connectivity index (χ0n) is 17.6. The van der Waals surface area contributed by atoms with E-state index in [-0.39, 0.29) is 18.9 Å². The molecule has 0 saturated carbocycles. The quantitative estimate of drug-likeness (QED) is 0.346. The van der Waals surface area contributed by atoms with E-state index in [9.17, 15) is 9.90 Å². The Hall–Kier alpha value is -3.15. The smallest absolute Gasteiger partial charge is 0.357 e. The van der Waals surface area contributed by atoms with Crippen LogP contribution in [0.5, 0.6) is 0 Å². The standard InChI is InChI=1S/C21H22N6O3S2/c1-3-30-19(29)15-12-31-21(23-15)27(9-6-10-28)17-11-13(2)18(26-25-17)24-20-22-14-7-4-5-8-16(14)32-20/h4-5,7-8,11-12,28H,3,6,9-10H2,1-2H3,(H,22,24,26). The number of aliphatic hydroxyl groups excluding tert-OH is 1. The molecule has 0 aliphatic rings. The van der Waals surface area contributed by atoms with E-state index in [2.05, 4.69) is 25.5 Å². The van der Waals surface area contributed by atoms with Gasteiger partial charge in [-0.15, -0.1) is 21.5 Å². The molecule has 0 spiro atoms. The minimum Gasteiger partial charge on any atom is -0.461 e. The lowest BCUT2D eigenvalue weighted by Crippen LogP contribution is -2.21. The van der Waals surface area contributed by atoms with Gasteiger partial charge >= 0.3 is 5.97 Å². The number of aromatic nitrogens is 4. The summed E-state index contributed by atoms with van der Waals surface area (Å²) in [6.07, 6.45) is 0.515. The van der Waals surface area contributed by atoms with Crippen LogP contribution in [-0.4, -0.2) is 51.0 Å². The summed E-state index contributed by atoms with van der Waals surface area (Å²) in [5, 5.41) is 24.3. The maximum absolute atomic E-state index is 12.0. The van der Waals surface area contributed by atoms with E-state index in [1.165, 1.54) is 11.3 Å². The molecule has 0 radical (unpaired) electrons. The predicted octanol–water partition coefficient (Wildman–Crippen LogP) is 4.29. The van der Waals surface area contributed by atoms with Crippen molar-refractivity contribution in [2.75, 3.05) is 30.0 Å². The topological polar surface area (TPSA) is 113 Å². The first-order valence-corrected chi connectivity index (χ1v) is 11.8. The average molecular weight is 471 g/mol. The second kappa shape index (κ2) is 9.98. The summed E-state index contributed by atoms with van der Waals surface area (Å²) in [5.74, 6) is 0.728. The Labute approximate surface area is 192 Å². The number of fused-ring (bicyclic) bond motifs is 1. The molecular weight excluding hydrogens is 448 g/mol. The number of anilines is 4. The largest absolute Gasteiger partial charge is 0.461 e. The van der Waals surface area contributed by atoms with E-state index in [1.807, 2.05) is 42.2 Å². The molecular formula is C21H22N6O3S2. The number of nitrogens with zero attached hydrogens (tertiary/aromatic N) is 5. The molecule has 0 amide bonds. The highest BCUT2D eigenvalue weighted by Crippen LogP contribution is 2.31. The lowest BCUT2D eigenvalue weighted by atomic mass is 10.3.